The molecule has 1 N–H and O–H groups in total. The van der Waals surface area contributed by atoms with E-state index >= 15 is 0 Å². The summed E-state index contributed by atoms with van der Waals surface area (Å²) in [5, 5.41) is 8.20. The first-order chi connectivity index (χ1) is 11.6. The van der Waals surface area contributed by atoms with Crippen LogP contribution in [0.4, 0.5) is 0 Å². The number of carbonyl (C=O) groups is 1. The van der Waals surface area contributed by atoms with E-state index in [2.05, 4.69) is 26.7 Å². The minimum Gasteiger partial charge on any atom is -0.373 e. The number of ether oxygens (including phenoxy) is 1. The van der Waals surface area contributed by atoms with Crippen molar-refractivity contribution in [2.75, 3.05) is 5.43 Å². The van der Waals surface area contributed by atoms with Crippen LogP contribution in [-0.4, -0.2) is 38.2 Å². The van der Waals surface area contributed by atoms with Crippen LogP contribution in [0, 0.1) is 31.6 Å². The van der Waals surface area contributed by atoms with Crippen LogP contribution in [0.3, 0.4) is 0 Å². The molecule has 3 aliphatic rings. The SMILES string of the molecule is Cc1cc([C@H]2[C@H]3O[C@H]([C@@H]4C[C@@H]43)[C@@H]2C(=O)Nn2ncc(C)n2)ccn1. The van der Waals surface area contributed by atoms with E-state index in [9.17, 15) is 4.79 Å². The standard InChI is InChI=1S/C17H19N5O2/c1-8-5-10(3-4-18-8)13-14(16-12-6-11(12)15(13)24-16)17(23)21-22-19-7-9(2)20-22/h3-5,7,11-16H,6H2,1-2H3,(H,21,23)/t11-,12+,13+,14+,15-,16+/m0/s1. The summed E-state index contributed by atoms with van der Waals surface area (Å²) in [6.07, 6.45) is 4.77. The first-order valence-electron chi connectivity index (χ1n) is 8.39. The van der Waals surface area contributed by atoms with E-state index < -0.39 is 0 Å². The molecule has 5 rings (SSSR count). The molecule has 2 aromatic rings. The van der Waals surface area contributed by atoms with Crippen LogP contribution in [0.25, 0.3) is 0 Å². The molecule has 1 saturated carbocycles. The third kappa shape index (κ3) is 2.00. The van der Waals surface area contributed by atoms with Gasteiger partial charge in [-0.2, -0.15) is 0 Å². The van der Waals surface area contributed by atoms with Crippen LogP contribution in [0.15, 0.2) is 24.5 Å². The number of aryl methyl sites for hydroxylation is 2. The second-order valence-corrected chi connectivity index (χ2v) is 7.16. The molecule has 1 amide bonds. The van der Waals surface area contributed by atoms with Gasteiger partial charge in [-0.15, -0.1) is 10.2 Å². The molecule has 0 unspecified atom stereocenters. The van der Waals surface area contributed by atoms with Gasteiger partial charge in [-0.05, 0) is 49.8 Å². The molecular formula is C17H19N5O2. The largest absolute Gasteiger partial charge is 0.373 e. The fraction of sp³-hybridized carbons (Fsp3) is 0.529. The number of hydrogen-bond donors (Lipinski definition) is 1. The zero-order valence-corrected chi connectivity index (χ0v) is 13.6. The molecule has 0 aromatic carbocycles. The van der Waals surface area contributed by atoms with E-state index in [0.717, 1.165) is 17.0 Å². The number of amides is 1. The zero-order chi connectivity index (χ0) is 16.4. The van der Waals surface area contributed by atoms with Gasteiger partial charge in [-0.3, -0.25) is 9.78 Å². The lowest BCUT2D eigenvalue weighted by Crippen LogP contribution is -2.40. The van der Waals surface area contributed by atoms with Crippen molar-refractivity contribution in [3.8, 4) is 0 Å². The van der Waals surface area contributed by atoms with Crippen molar-refractivity contribution in [3.63, 3.8) is 0 Å². The Balaban J connectivity index is 1.47. The molecule has 7 nitrogen and oxygen atoms in total. The van der Waals surface area contributed by atoms with Crippen LogP contribution in [0.2, 0.25) is 0 Å². The molecule has 4 heterocycles. The summed E-state index contributed by atoms with van der Waals surface area (Å²) in [6, 6.07) is 4.08. The van der Waals surface area contributed by atoms with Crippen molar-refractivity contribution in [3.05, 3.63) is 41.5 Å². The summed E-state index contributed by atoms with van der Waals surface area (Å²) in [7, 11) is 0. The Morgan fingerprint density at radius 1 is 1.29 bits per heavy atom. The van der Waals surface area contributed by atoms with Gasteiger partial charge in [0.1, 0.15) is 0 Å². The van der Waals surface area contributed by atoms with E-state index in [0.29, 0.717) is 11.8 Å². The molecule has 2 aliphatic heterocycles. The van der Waals surface area contributed by atoms with Crippen molar-refractivity contribution in [1.82, 2.24) is 20.1 Å². The van der Waals surface area contributed by atoms with E-state index in [-0.39, 0.29) is 30.0 Å². The highest BCUT2D eigenvalue weighted by Gasteiger charge is 2.68. The van der Waals surface area contributed by atoms with Gasteiger partial charge in [0.2, 0.25) is 5.91 Å². The van der Waals surface area contributed by atoms with Gasteiger partial charge in [-0.1, -0.05) is 4.91 Å². The molecule has 2 saturated heterocycles. The molecule has 124 valence electrons. The number of hydrogen-bond acceptors (Lipinski definition) is 5. The number of carbonyl (C=O) groups excluding carboxylic acids is 1. The Morgan fingerprint density at radius 3 is 2.88 bits per heavy atom. The van der Waals surface area contributed by atoms with Gasteiger partial charge in [0, 0.05) is 17.8 Å². The lowest BCUT2D eigenvalue weighted by atomic mass is 9.75. The summed E-state index contributed by atoms with van der Waals surface area (Å²) >= 11 is 0. The third-order valence-electron chi connectivity index (χ3n) is 5.57. The number of nitrogens with zero attached hydrogens (tertiary/aromatic N) is 4. The lowest BCUT2D eigenvalue weighted by Gasteiger charge is -2.27. The summed E-state index contributed by atoms with van der Waals surface area (Å²) in [5.41, 5.74) is 5.68. The highest BCUT2D eigenvalue weighted by molar-refractivity contribution is 5.88. The van der Waals surface area contributed by atoms with Gasteiger partial charge in [0.25, 0.3) is 0 Å². The Kier molecular flexibility index (Phi) is 2.85. The number of rotatable bonds is 3. The van der Waals surface area contributed by atoms with Crippen LogP contribution < -0.4 is 5.43 Å². The maximum absolute atomic E-state index is 12.9. The number of pyridine rings is 1. The average Bonchev–Trinajstić information content (AvgIpc) is 2.94. The number of fused-ring (bicyclic) bond motifs is 5. The van der Waals surface area contributed by atoms with Crippen LogP contribution >= 0.6 is 0 Å². The maximum Gasteiger partial charge on any atom is 0.247 e. The van der Waals surface area contributed by atoms with Gasteiger partial charge >= 0.3 is 0 Å². The zero-order valence-electron chi connectivity index (χ0n) is 13.6. The highest BCUT2D eigenvalue weighted by atomic mass is 16.5. The Hall–Kier alpha value is -2.28. The van der Waals surface area contributed by atoms with Crippen LogP contribution in [0.1, 0.15) is 29.3 Å². The fourth-order valence-electron chi connectivity index (χ4n) is 4.54. The molecule has 24 heavy (non-hydrogen) atoms. The van der Waals surface area contributed by atoms with Crippen LogP contribution in [-0.2, 0) is 9.53 Å². The third-order valence-corrected chi connectivity index (χ3v) is 5.57. The van der Waals surface area contributed by atoms with Crippen molar-refractivity contribution in [1.29, 1.82) is 0 Å². The highest BCUT2D eigenvalue weighted by Crippen LogP contribution is 2.65. The molecule has 0 radical (unpaired) electrons. The first-order valence-corrected chi connectivity index (χ1v) is 8.39. The molecule has 7 heteroatoms. The molecule has 1 aliphatic carbocycles. The summed E-state index contributed by atoms with van der Waals surface area (Å²) < 4.78 is 6.19. The van der Waals surface area contributed by atoms with E-state index in [1.165, 1.54) is 11.3 Å². The predicted molar refractivity (Wildman–Crippen MR) is 84.6 cm³/mol. The molecule has 6 atom stereocenters. The fourth-order valence-corrected chi connectivity index (χ4v) is 4.54. The monoisotopic (exact) mass is 325 g/mol. The van der Waals surface area contributed by atoms with Crippen molar-refractivity contribution >= 4 is 5.91 Å². The van der Waals surface area contributed by atoms with E-state index in [1.54, 1.807) is 6.20 Å². The topological polar surface area (TPSA) is 81.9 Å². The molecule has 2 bridgehead atoms. The van der Waals surface area contributed by atoms with Gasteiger partial charge in [0.15, 0.2) is 0 Å². The van der Waals surface area contributed by atoms with Crippen molar-refractivity contribution < 1.29 is 9.53 Å². The van der Waals surface area contributed by atoms with Gasteiger partial charge in [-0.25, -0.2) is 5.43 Å². The number of aromatic nitrogens is 4. The second kappa shape index (κ2) is 4.86. The lowest BCUT2D eigenvalue weighted by molar-refractivity contribution is -0.123. The minimum atomic E-state index is -0.202. The second-order valence-electron chi connectivity index (χ2n) is 7.16. The maximum atomic E-state index is 12.9. The van der Waals surface area contributed by atoms with Crippen molar-refractivity contribution in [2.45, 2.75) is 38.4 Å². The molecule has 2 aromatic heterocycles. The van der Waals surface area contributed by atoms with E-state index in [1.807, 2.05) is 26.1 Å². The smallest absolute Gasteiger partial charge is 0.247 e. The minimum absolute atomic E-state index is 0.00938. The summed E-state index contributed by atoms with van der Waals surface area (Å²) in [6.45, 7) is 3.82. The Labute approximate surface area is 139 Å². The molecule has 3 fully saturated rings. The first kappa shape index (κ1) is 14.1. The predicted octanol–water partition coefficient (Wildman–Crippen LogP) is 1.18. The molecule has 0 spiro atoms. The normalized spacial score (nSPS) is 35.8. The average molecular weight is 325 g/mol. The van der Waals surface area contributed by atoms with Gasteiger partial charge < -0.3 is 4.74 Å². The number of nitrogens with one attached hydrogen (secondary N) is 1. The molecular weight excluding hydrogens is 306 g/mol. The Morgan fingerprint density at radius 2 is 2.12 bits per heavy atom. The summed E-state index contributed by atoms with van der Waals surface area (Å²) in [4.78, 5) is 18.5. The van der Waals surface area contributed by atoms with Crippen molar-refractivity contribution in [2.24, 2.45) is 17.8 Å². The quantitative estimate of drug-likeness (QED) is 0.916. The van der Waals surface area contributed by atoms with Crippen LogP contribution in [0.5, 0.6) is 0 Å². The summed E-state index contributed by atoms with van der Waals surface area (Å²) in [5.74, 6) is 0.965. The van der Waals surface area contributed by atoms with Gasteiger partial charge in [0.05, 0.1) is 30.0 Å². The Bertz CT molecular complexity index is 819. The van der Waals surface area contributed by atoms with E-state index in [4.69, 9.17) is 4.74 Å².